The minimum atomic E-state index is 0.407. The topological polar surface area (TPSA) is 68.1 Å². The van der Waals surface area contributed by atoms with Gasteiger partial charge in [-0.1, -0.05) is 12.1 Å². The SMILES string of the molecule is COc1ccccc1/C=N/n1c(-c2cccnc2)n[nH]c1=S. The number of para-hydroxylation sites is 1. The molecular weight excluding hydrogens is 298 g/mol. The predicted octanol–water partition coefficient (Wildman–Crippen LogP) is 2.89. The van der Waals surface area contributed by atoms with Gasteiger partial charge in [0.1, 0.15) is 5.75 Å². The maximum absolute atomic E-state index is 5.30. The smallest absolute Gasteiger partial charge is 0.216 e. The molecule has 0 radical (unpaired) electrons. The van der Waals surface area contributed by atoms with Gasteiger partial charge >= 0.3 is 0 Å². The molecule has 1 N–H and O–H groups in total. The van der Waals surface area contributed by atoms with Gasteiger partial charge in [-0.25, -0.2) is 5.10 Å². The van der Waals surface area contributed by atoms with Crippen LogP contribution < -0.4 is 4.74 Å². The van der Waals surface area contributed by atoms with Gasteiger partial charge in [-0.2, -0.15) is 14.9 Å². The Labute approximate surface area is 132 Å². The Bertz CT molecular complexity index is 854. The molecule has 6 nitrogen and oxygen atoms in total. The summed E-state index contributed by atoms with van der Waals surface area (Å²) in [5.74, 6) is 1.34. The van der Waals surface area contributed by atoms with Crippen molar-refractivity contribution in [3.05, 3.63) is 59.1 Å². The third-order valence-corrected chi connectivity index (χ3v) is 3.29. The first kappa shape index (κ1) is 14.2. The number of nitrogens with one attached hydrogen (secondary N) is 1. The van der Waals surface area contributed by atoms with Crippen LogP contribution in [0.1, 0.15) is 5.56 Å². The fourth-order valence-electron chi connectivity index (χ4n) is 1.97. The molecule has 0 amide bonds. The summed E-state index contributed by atoms with van der Waals surface area (Å²) in [6.07, 6.45) is 5.09. The van der Waals surface area contributed by atoms with Crippen LogP contribution >= 0.6 is 12.2 Å². The van der Waals surface area contributed by atoms with E-state index in [1.54, 1.807) is 30.4 Å². The average Bonchev–Trinajstić information content (AvgIpc) is 2.95. The standard InChI is InChI=1S/C15H13N5OS/c1-21-13-7-3-2-5-11(13)10-17-20-14(18-19-15(20)22)12-6-4-8-16-9-12/h2-10H,1H3,(H,19,22)/b17-10+. The largest absolute Gasteiger partial charge is 0.496 e. The molecule has 0 atom stereocenters. The first-order valence-electron chi connectivity index (χ1n) is 6.55. The van der Waals surface area contributed by atoms with E-state index in [-0.39, 0.29) is 0 Å². The summed E-state index contributed by atoms with van der Waals surface area (Å²) in [5.41, 5.74) is 1.68. The van der Waals surface area contributed by atoms with Gasteiger partial charge in [-0.15, -0.1) is 0 Å². The summed E-state index contributed by atoms with van der Waals surface area (Å²) in [6.45, 7) is 0. The highest BCUT2D eigenvalue weighted by atomic mass is 32.1. The van der Waals surface area contributed by atoms with E-state index < -0.39 is 0 Å². The van der Waals surface area contributed by atoms with Crippen LogP contribution in [-0.2, 0) is 0 Å². The molecule has 1 aromatic carbocycles. The van der Waals surface area contributed by atoms with Crippen molar-refractivity contribution in [3.63, 3.8) is 0 Å². The summed E-state index contributed by atoms with van der Waals surface area (Å²) in [7, 11) is 1.62. The minimum Gasteiger partial charge on any atom is -0.496 e. The lowest BCUT2D eigenvalue weighted by Crippen LogP contribution is -1.96. The number of ether oxygens (including phenoxy) is 1. The average molecular weight is 311 g/mol. The number of pyridine rings is 1. The minimum absolute atomic E-state index is 0.407. The highest BCUT2D eigenvalue weighted by molar-refractivity contribution is 7.71. The van der Waals surface area contributed by atoms with E-state index in [2.05, 4.69) is 20.3 Å². The van der Waals surface area contributed by atoms with Crippen molar-refractivity contribution in [1.29, 1.82) is 0 Å². The molecule has 0 saturated carbocycles. The first-order chi connectivity index (χ1) is 10.8. The second-order valence-corrected chi connectivity index (χ2v) is 4.78. The molecule has 0 aliphatic carbocycles. The quantitative estimate of drug-likeness (QED) is 0.594. The molecular formula is C15H13N5OS. The fraction of sp³-hybridized carbons (Fsp3) is 0.0667. The van der Waals surface area contributed by atoms with Gasteiger partial charge in [0.2, 0.25) is 4.77 Å². The van der Waals surface area contributed by atoms with Crippen molar-refractivity contribution >= 4 is 18.4 Å². The third kappa shape index (κ3) is 2.79. The van der Waals surface area contributed by atoms with Gasteiger partial charge in [0.15, 0.2) is 5.82 Å². The normalized spacial score (nSPS) is 11.0. The molecule has 0 unspecified atom stereocenters. The number of hydrogen-bond donors (Lipinski definition) is 1. The lowest BCUT2D eigenvalue weighted by atomic mass is 10.2. The maximum Gasteiger partial charge on any atom is 0.216 e. The van der Waals surface area contributed by atoms with Gasteiger partial charge < -0.3 is 4.74 Å². The van der Waals surface area contributed by atoms with Crippen LogP contribution in [0.4, 0.5) is 0 Å². The number of aromatic amines is 1. The van der Waals surface area contributed by atoms with Crippen LogP contribution in [0.5, 0.6) is 5.75 Å². The van der Waals surface area contributed by atoms with Gasteiger partial charge in [0.05, 0.1) is 13.3 Å². The van der Waals surface area contributed by atoms with Crippen LogP contribution in [0.2, 0.25) is 0 Å². The molecule has 0 aliphatic rings. The van der Waals surface area contributed by atoms with E-state index >= 15 is 0 Å². The Morgan fingerprint density at radius 1 is 1.27 bits per heavy atom. The zero-order valence-electron chi connectivity index (χ0n) is 11.8. The first-order valence-corrected chi connectivity index (χ1v) is 6.95. The van der Waals surface area contributed by atoms with Gasteiger partial charge in [-0.3, -0.25) is 4.98 Å². The molecule has 0 spiro atoms. The molecule has 0 fully saturated rings. The summed E-state index contributed by atoms with van der Waals surface area (Å²) < 4.78 is 7.26. The molecule has 2 aromatic heterocycles. The van der Waals surface area contributed by atoms with E-state index in [1.807, 2.05) is 36.4 Å². The molecule has 2 heterocycles. The van der Waals surface area contributed by atoms with E-state index in [0.717, 1.165) is 16.9 Å². The van der Waals surface area contributed by atoms with Crippen molar-refractivity contribution in [1.82, 2.24) is 19.9 Å². The van der Waals surface area contributed by atoms with Crippen molar-refractivity contribution in [2.75, 3.05) is 7.11 Å². The second-order valence-electron chi connectivity index (χ2n) is 4.39. The van der Waals surface area contributed by atoms with E-state index in [0.29, 0.717) is 10.6 Å². The Hall–Kier alpha value is -2.80. The van der Waals surface area contributed by atoms with Crippen LogP contribution in [0.15, 0.2) is 53.9 Å². The fourth-order valence-corrected chi connectivity index (χ4v) is 2.15. The van der Waals surface area contributed by atoms with Crippen molar-refractivity contribution < 1.29 is 4.74 Å². The number of aromatic nitrogens is 4. The Kier molecular flexibility index (Phi) is 4.06. The van der Waals surface area contributed by atoms with Crippen molar-refractivity contribution in [2.24, 2.45) is 5.10 Å². The molecule has 0 aliphatic heterocycles. The number of rotatable bonds is 4. The highest BCUT2D eigenvalue weighted by Gasteiger charge is 2.08. The maximum atomic E-state index is 5.30. The number of nitrogens with zero attached hydrogens (tertiary/aromatic N) is 4. The summed E-state index contributed by atoms with van der Waals surface area (Å²) >= 11 is 5.23. The predicted molar refractivity (Wildman–Crippen MR) is 86.6 cm³/mol. The number of benzene rings is 1. The Morgan fingerprint density at radius 2 is 2.14 bits per heavy atom. The summed E-state index contributed by atoms with van der Waals surface area (Å²) in [4.78, 5) is 4.08. The lowest BCUT2D eigenvalue weighted by molar-refractivity contribution is 0.414. The summed E-state index contributed by atoms with van der Waals surface area (Å²) in [6, 6.07) is 11.3. The monoisotopic (exact) mass is 311 g/mol. The van der Waals surface area contributed by atoms with Gasteiger partial charge in [0, 0.05) is 23.5 Å². The second kappa shape index (κ2) is 6.31. The Morgan fingerprint density at radius 3 is 2.91 bits per heavy atom. The number of methoxy groups -OCH3 is 1. The number of hydrogen-bond acceptors (Lipinski definition) is 5. The zero-order chi connectivity index (χ0) is 15.4. The van der Waals surface area contributed by atoms with Crippen LogP contribution in [0.3, 0.4) is 0 Å². The van der Waals surface area contributed by atoms with Crippen LogP contribution in [0.25, 0.3) is 11.4 Å². The number of H-pyrrole nitrogens is 1. The summed E-state index contributed by atoms with van der Waals surface area (Å²) in [5, 5.41) is 11.4. The Balaban J connectivity index is 2.01. The van der Waals surface area contributed by atoms with Gasteiger partial charge in [0.25, 0.3) is 0 Å². The van der Waals surface area contributed by atoms with Crippen molar-refractivity contribution in [3.8, 4) is 17.1 Å². The van der Waals surface area contributed by atoms with E-state index in [1.165, 1.54) is 0 Å². The molecule has 22 heavy (non-hydrogen) atoms. The zero-order valence-corrected chi connectivity index (χ0v) is 12.6. The molecule has 7 heteroatoms. The molecule has 0 saturated heterocycles. The van der Waals surface area contributed by atoms with Crippen LogP contribution in [-0.4, -0.2) is 33.2 Å². The van der Waals surface area contributed by atoms with E-state index in [9.17, 15) is 0 Å². The molecule has 3 aromatic rings. The van der Waals surface area contributed by atoms with E-state index in [4.69, 9.17) is 17.0 Å². The molecule has 0 bridgehead atoms. The van der Waals surface area contributed by atoms with Crippen LogP contribution in [0, 0.1) is 4.77 Å². The highest BCUT2D eigenvalue weighted by Crippen LogP contribution is 2.17. The lowest BCUT2D eigenvalue weighted by Gasteiger charge is -2.03. The van der Waals surface area contributed by atoms with Gasteiger partial charge in [-0.05, 0) is 36.5 Å². The molecule has 110 valence electrons. The van der Waals surface area contributed by atoms with Crippen molar-refractivity contribution in [2.45, 2.75) is 0 Å². The molecule has 3 rings (SSSR count). The third-order valence-electron chi connectivity index (χ3n) is 3.02.